The van der Waals surface area contributed by atoms with E-state index in [0.29, 0.717) is 6.54 Å². The van der Waals surface area contributed by atoms with Crippen LogP contribution in [0.2, 0.25) is 0 Å². The van der Waals surface area contributed by atoms with Gasteiger partial charge in [0.25, 0.3) is 0 Å². The Kier molecular flexibility index (Phi) is 8.19. The van der Waals surface area contributed by atoms with Gasteiger partial charge in [-0.1, -0.05) is 13.8 Å². The van der Waals surface area contributed by atoms with Crippen LogP contribution in [0.4, 0.5) is 11.4 Å². The molecule has 108 valence electrons. The first-order valence-corrected chi connectivity index (χ1v) is 6.36. The second kappa shape index (κ2) is 8.77. The molecule has 0 aromatic heterocycles. The molecule has 0 saturated carbocycles. The number of nitrogens with zero attached hydrogens (tertiary/aromatic N) is 2. The van der Waals surface area contributed by atoms with Gasteiger partial charge in [-0.3, -0.25) is 9.69 Å². The van der Waals surface area contributed by atoms with Crippen molar-refractivity contribution in [3.8, 4) is 0 Å². The molecule has 0 unspecified atom stereocenters. The SMILES string of the molecule is CCN(CC)CC(=O)Nc1ccc(N(C)C)cc1.Cl. The van der Waals surface area contributed by atoms with Gasteiger partial charge in [-0.25, -0.2) is 0 Å². The Balaban J connectivity index is 0.00000324. The topological polar surface area (TPSA) is 35.6 Å². The van der Waals surface area contributed by atoms with Crippen molar-refractivity contribution in [1.82, 2.24) is 4.90 Å². The summed E-state index contributed by atoms with van der Waals surface area (Å²) in [6, 6.07) is 7.84. The molecule has 5 heteroatoms. The zero-order valence-corrected chi connectivity index (χ0v) is 13.0. The van der Waals surface area contributed by atoms with Crippen LogP contribution in [0.25, 0.3) is 0 Å². The standard InChI is InChI=1S/C14H23N3O.ClH/c1-5-17(6-2)11-14(18)15-12-7-9-13(10-8-12)16(3)4;/h7-10H,5-6,11H2,1-4H3,(H,15,18);1H. The molecule has 4 nitrogen and oxygen atoms in total. The van der Waals surface area contributed by atoms with Crippen molar-refractivity contribution in [2.75, 3.05) is 43.9 Å². The molecule has 1 amide bonds. The van der Waals surface area contributed by atoms with Crippen LogP contribution >= 0.6 is 12.4 Å². The van der Waals surface area contributed by atoms with E-state index >= 15 is 0 Å². The molecule has 19 heavy (non-hydrogen) atoms. The van der Waals surface area contributed by atoms with Crippen molar-refractivity contribution in [1.29, 1.82) is 0 Å². The van der Waals surface area contributed by atoms with E-state index in [-0.39, 0.29) is 18.3 Å². The summed E-state index contributed by atoms with van der Waals surface area (Å²) in [6.45, 7) is 6.35. The third-order valence-corrected chi connectivity index (χ3v) is 2.93. The van der Waals surface area contributed by atoms with Crippen molar-refractivity contribution < 1.29 is 4.79 Å². The number of anilines is 2. The number of amides is 1. The van der Waals surface area contributed by atoms with E-state index in [9.17, 15) is 4.79 Å². The number of benzene rings is 1. The summed E-state index contributed by atoms with van der Waals surface area (Å²) in [5.41, 5.74) is 1.97. The first-order valence-electron chi connectivity index (χ1n) is 6.36. The van der Waals surface area contributed by atoms with Crippen molar-refractivity contribution >= 4 is 29.7 Å². The summed E-state index contributed by atoms with van der Waals surface area (Å²) < 4.78 is 0. The van der Waals surface area contributed by atoms with Crippen molar-refractivity contribution in [2.45, 2.75) is 13.8 Å². The molecule has 1 N–H and O–H groups in total. The molecule has 0 heterocycles. The number of hydrogen-bond donors (Lipinski definition) is 1. The maximum absolute atomic E-state index is 11.8. The molecule has 0 radical (unpaired) electrons. The maximum Gasteiger partial charge on any atom is 0.238 e. The highest BCUT2D eigenvalue weighted by atomic mass is 35.5. The average molecular weight is 286 g/mol. The number of carbonyl (C=O) groups is 1. The first kappa shape index (κ1) is 17.7. The lowest BCUT2D eigenvalue weighted by Crippen LogP contribution is -2.32. The zero-order valence-electron chi connectivity index (χ0n) is 12.1. The minimum absolute atomic E-state index is 0. The van der Waals surface area contributed by atoms with E-state index in [2.05, 4.69) is 24.1 Å². The predicted molar refractivity (Wildman–Crippen MR) is 84.4 cm³/mol. The lowest BCUT2D eigenvalue weighted by Gasteiger charge is -2.17. The van der Waals surface area contributed by atoms with E-state index in [4.69, 9.17) is 0 Å². The van der Waals surface area contributed by atoms with Crippen LogP contribution in [0.3, 0.4) is 0 Å². The van der Waals surface area contributed by atoms with Gasteiger partial charge in [-0.2, -0.15) is 0 Å². The summed E-state index contributed by atoms with van der Waals surface area (Å²) in [6.07, 6.45) is 0. The Morgan fingerprint density at radius 3 is 2.05 bits per heavy atom. The molecule has 0 aliphatic carbocycles. The second-order valence-corrected chi connectivity index (χ2v) is 4.45. The smallest absolute Gasteiger partial charge is 0.238 e. The molecule has 0 saturated heterocycles. The van der Waals surface area contributed by atoms with Gasteiger partial charge in [-0.15, -0.1) is 12.4 Å². The Bertz CT molecular complexity index is 375. The molecule has 0 aliphatic heterocycles. The lowest BCUT2D eigenvalue weighted by molar-refractivity contribution is -0.117. The van der Waals surface area contributed by atoms with Gasteiger partial charge in [0.2, 0.25) is 5.91 Å². The van der Waals surface area contributed by atoms with E-state index in [1.807, 2.05) is 43.3 Å². The number of halogens is 1. The van der Waals surface area contributed by atoms with E-state index in [0.717, 1.165) is 24.5 Å². The zero-order chi connectivity index (χ0) is 13.5. The van der Waals surface area contributed by atoms with Crippen LogP contribution in [-0.4, -0.2) is 44.5 Å². The summed E-state index contributed by atoms with van der Waals surface area (Å²) >= 11 is 0. The first-order chi connectivity index (χ1) is 8.56. The highest BCUT2D eigenvalue weighted by Crippen LogP contribution is 2.15. The number of nitrogens with one attached hydrogen (secondary N) is 1. The predicted octanol–water partition coefficient (Wildman–Crippen LogP) is 2.45. The monoisotopic (exact) mass is 285 g/mol. The molecule has 0 spiro atoms. The van der Waals surface area contributed by atoms with Gasteiger partial charge in [0, 0.05) is 25.5 Å². The van der Waals surface area contributed by atoms with E-state index < -0.39 is 0 Å². The number of hydrogen-bond acceptors (Lipinski definition) is 3. The molecule has 1 aromatic carbocycles. The Hall–Kier alpha value is -1.26. The van der Waals surface area contributed by atoms with Gasteiger partial charge in [0.15, 0.2) is 0 Å². The Morgan fingerprint density at radius 1 is 1.11 bits per heavy atom. The van der Waals surface area contributed by atoms with E-state index in [1.165, 1.54) is 0 Å². The van der Waals surface area contributed by atoms with Crippen LogP contribution < -0.4 is 10.2 Å². The fourth-order valence-electron chi connectivity index (χ4n) is 1.69. The minimum atomic E-state index is 0. The number of likely N-dealkylation sites (N-methyl/N-ethyl adjacent to an activating group) is 1. The number of rotatable bonds is 6. The van der Waals surface area contributed by atoms with Crippen molar-refractivity contribution in [3.05, 3.63) is 24.3 Å². The Morgan fingerprint density at radius 2 is 1.63 bits per heavy atom. The molecule has 0 bridgehead atoms. The quantitative estimate of drug-likeness (QED) is 0.872. The van der Waals surface area contributed by atoms with Gasteiger partial charge in [0.1, 0.15) is 0 Å². The lowest BCUT2D eigenvalue weighted by atomic mass is 10.2. The highest BCUT2D eigenvalue weighted by Gasteiger charge is 2.07. The normalized spacial score (nSPS) is 9.95. The van der Waals surface area contributed by atoms with Crippen LogP contribution in [0.1, 0.15) is 13.8 Å². The summed E-state index contributed by atoms with van der Waals surface area (Å²) in [4.78, 5) is 15.9. The molecule has 1 aromatic rings. The highest BCUT2D eigenvalue weighted by molar-refractivity contribution is 5.92. The fourth-order valence-corrected chi connectivity index (χ4v) is 1.69. The van der Waals surface area contributed by atoms with Gasteiger partial charge in [-0.05, 0) is 37.4 Å². The van der Waals surface area contributed by atoms with Crippen LogP contribution in [-0.2, 0) is 4.79 Å². The minimum Gasteiger partial charge on any atom is -0.378 e. The number of carbonyl (C=O) groups excluding carboxylic acids is 1. The molecule has 0 atom stereocenters. The molecule has 0 aliphatic rings. The second-order valence-electron chi connectivity index (χ2n) is 4.45. The third-order valence-electron chi connectivity index (χ3n) is 2.93. The fraction of sp³-hybridized carbons (Fsp3) is 0.500. The van der Waals surface area contributed by atoms with Gasteiger partial charge in [0.05, 0.1) is 6.54 Å². The largest absolute Gasteiger partial charge is 0.378 e. The van der Waals surface area contributed by atoms with Crippen molar-refractivity contribution in [2.24, 2.45) is 0 Å². The summed E-state index contributed by atoms with van der Waals surface area (Å²) in [5, 5.41) is 2.91. The van der Waals surface area contributed by atoms with E-state index in [1.54, 1.807) is 0 Å². The molecular formula is C14H24ClN3O. The van der Waals surface area contributed by atoms with Crippen LogP contribution in [0.15, 0.2) is 24.3 Å². The van der Waals surface area contributed by atoms with Crippen molar-refractivity contribution in [3.63, 3.8) is 0 Å². The molecule has 1 rings (SSSR count). The third kappa shape index (κ3) is 5.94. The Labute approximate surface area is 122 Å². The maximum atomic E-state index is 11.8. The summed E-state index contributed by atoms with van der Waals surface area (Å²) in [5.74, 6) is 0.0382. The summed E-state index contributed by atoms with van der Waals surface area (Å²) in [7, 11) is 3.99. The average Bonchev–Trinajstić information content (AvgIpc) is 2.36. The molecule has 0 fully saturated rings. The van der Waals surface area contributed by atoms with Gasteiger partial charge < -0.3 is 10.2 Å². The molecular weight excluding hydrogens is 262 g/mol. The van der Waals surface area contributed by atoms with Crippen LogP contribution in [0, 0.1) is 0 Å². The van der Waals surface area contributed by atoms with Gasteiger partial charge >= 0.3 is 0 Å². The van der Waals surface area contributed by atoms with Crippen LogP contribution in [0.5, 0.6) is 0 Å².